The molecule has 2 aromatic rings. The van der Waals surface area contributed by atoms with Crippen molar-refractivity contribution in [3.8, 4) is 0 Å². The van der Waals surface area contributed by atoms with Crippen molar-refractivity contribution in [2.75, 3.05) is 18.4 Å². The predicted molar refractivity (Wildman–Crippen MR) is 122 cm³/mol. The molecule has 1 atom stereocenters. The SMILES string of the molecule is CC(C)CCNC(=O)c1ccc(NC2c3ccccc3C(=O)N2CCC(C)C)cc1. The molecule has 1 heterocycles. The molecule has 3 rings (SSSR count). The fourth-order valence-corrected chi connectivity index (χ4v) is 3.61. The monoisotopic (exact) mass is 407 g/mol. The minimum atomic E-state index is -0.196. The Bertz CT molecular complexity index is 874. The van der Waals surface area contributed by atoms with Crippen LogP contribution in [0.4, 0.5) is 5.69 Å². The van der Waals surface area contributed by atoms with Crippen LogP contribution in [0, 0.1) is 11.8 Å². The van der Waals surface area contributed by atoms with Crippen molar-refractivity contribution in [1.29, 1.82) is 0 Å². The highest BCUT2D eigenvalue weighted by molar-refractivity contribution is 5.99. The van der Waals surface area contributed by atoms with E-state index in [0.29, 0.717) is 30.5 Å². The van der Waals surface area contributed by atoms with Crippen LogP contribution < -0.4 is 10.6 Å². The fourth-order valence-electron chi connectivity index (χ4n) is 3.61. The lowest BCUT2D eigenvalue weighted by Gasteiger charge is -2.28. The second-order valence-corrected chi connectivity index (χ2v) is 8.83. The van der Waals surface area contributed by atoms with Gasteiger partial charge >= 0.3 is 0 Å². The molecule has 160 valence electrons. The van der Waals surface area contributed by atoms with Crippen molar-refractivity contribution in [3.63, 3.8) is 0 Å². The maximum atomic E-state index is 12.9. The molecule has 2 N–H and O–H groups in total. The average molecular weight is 408 g/mol. The van der Waals surface area contributed by atoms with Gasteiger partial charge in [-0.3, -0.25) is 9.59 Å². The highest BCUT2D eigenvalue weighted by atomic mass is 16.2. The Hall–Kier alpha value is -2.82. The molecular weight excluding hydrogens is 374 g/mol. The first-order chi connectivity index (χ1) is 14.4. The fraction of sp³-hybridized carbons (Fsp3) is 0.440. The summed E-state index contributed by atoms with van der Waals surface area (Å²) in [5, 5.41) is 6.46. The second kappa shape index (κ2) is 9.79. The van der Waals surface area contributed by atoms with E-state index in [1.165, 1.54) is 0 Å². The summed E-state index contributed by atoms with van der Waals surface area (Å²) in [4.78, 5) is 27.2. The van der Waals surface area contributed by atoms with Crippen LogP contribution in [0.5, 0.6) is 0 Å². The number of hydrogen-bond acceptors (Lipinski definition) is 3. The van der Waals surface area contributed by atoms with Crippen LogP contribution in [0.2, 0.25) is 0 Å². The topological polar surface area (TPSA) is 61.4 Å². The van der Waals surface area contributed by atoms with Crippen LogP contribution in [0.15, 0.2) is 48.5 Å². The van der Waals surface area contributed by atoms with Crippen LogP contribution in [0.1, 0.15) is 73.0 Å². The van der Waals surface area contributed by atoms with Crippen molar-refractivity contribution in [2.24, 2.45) is 11.8 Å². The second-order valence-electron chi connectivity index (χ2n) is 8.83. The van der Waals surface area contributed by atoms with E-state index in [1.54, 1.807) is 0 Å². The van der Waals surface area contributed by atoms with Crippen molar-refractivity contribution < 1.29 is 9.59 Å². The summed E-state index contributed by atoms with van der Waals surface area (Å²) >= 11 is 0. The van der Waals surface area contributed by atoms with E-state index in [4.69, 9.17) is 0 Å². The highest BCUT2D eigenvalue weighted by Gasteiger charge is 2.36. The molecule has 0 bridgehead atoms. The lowest BCUT2D eigenvalue weighted by molar-refractivity contribution is 0.0734. The number of anilines is 1. The van der Waals surface area contributed by atoms with Crippen LogP contribution in [-0.4, -0.2) is 29.8 Å². The largest absolute Gasteiger partial charge is 0.361 e. The Balaban J connectivity index is 1.71. The molecule has 0 spiro atoms. The number of nitrogens with one attached hydrogen (secondary N) is 2. The molecular formula is C25H33N3O2. The molecule has 0 saturated heterocycles. The number of hydrogen-bond donors (Lipinski definition) is 2. The molecule has 0 aliphatic carbocycles. The third-order valence-corrected chi connectivity index (χ3v) is 5.46. The summed E-state index contributed by atoms with van der Waals surface area (Å²) in [6.45, 7) is 10.0. The van der Waals surface area contributed by atoms with Gasteiger partial charge in [0.2, 0.25) is 0 Å². The Morgan fingerprint density at radius 1 is 0.967 bits per heavy atom. The third-order valence-electron chi connectivity index (χ3n) is 5.46. The van der Waals surface area contributed by atoms with Gasteiger partial charge in [0.15, 0.2) is 0 Å². The van der Waals surface area contributed by atoms with E-state index in [9.17, 15) is 9.59 Å². The maximum Gasteiger partial charge on any atom is 0.256 e. The van der Waals surface area contributed by atoms with Crippen LogP contribution in [0.25, 0.3) is 0 Å². The van der Waals surface area contributed by atoms with Crippen LogP contribution in [0.3, 0.4) is 0 Å². The van der Waals surface area contributed by atoms with E-state index in [-0.39, 0.29) is 18.0 Å². The van der Waals surface area contributed by atoms with Gasteiger partial charge in [0, 0.05) is 35.5 Å². The van der Waals surface area contributed by atoms with Gasteiger partial charge in [-0.2, -0.15) is 0 Å². The number of carbonyl (C=O) groups excluding carboxylic acids is 2. The predicted octanol–water partition coefficient (Wildman–Crippen LogP) is 5.08. The van der Waals surface area contributed by atoms with Gasteiger partial charge in [-0.25, -0.2) is 0 Å². The van der Waals surface area contributed by atoms with Gasteiger partial charge in [0.1, 0.15) is 6.17 Å². The standard InChI is InChI=1S/C25H33N3O2/c1-17(2)13-15-26-24(29)19-9-11-20(12-10-19)27-23-21-7-5-6-8-22(21)25(30)28(23)16-14-18(3)4/h5-12,17-18,23,27H,13-16H2,1-4H3,(H,26,29). The van der Waals surface area contributed by atoms with E-state index < -0.39 is 0 Å². The molecule has 1 aliphatic heterocycles. The minimum Gasteiger partial charge on any atom is -0.361 e. The zero-order valence-corrected chi connectivity index (χ0v) is 18.4. The molecule has 2 aromatic carbocycles. The molecule has 5 heteroatoms. The average Bonchev–Trinajstić information content (AvgIpc) is 2.98. The first-order valence-electron chi connectivity index (χ1n) is 10.9. The molecule has 0 saturated carbocycles. The smallest absolute Gasteiger partial charge is 0.256 e. The zero-order valence-electron chi connectivity index (χ0n) is 18.4. The van der Waals surface area contributed by atoms with E-state index in [2.05, 4.69) is 38.3 Å². The summed E-state index contributed by atoms with van der Waals surface area (Å²) in [5.41, 5.74) is 3.29. The number of fused-ring (bicyclic) bond motifs is 1. The van der Waals surface area contributed by atoms with Gasteiger partial charge in [-0.15, -0.1) is 0 Å². The molecule has 5 nitrogen and oxygen atoms in total. The molecule has 0 radical (unpaired) electrons. The summed E-state index contributed by atoms with van der Waals surface area (Å²) in [6.07, 6.45) is 1.72. The highest BCUT2D eigenvalue weighted by Crippen LogP contribution is 2.34. The first-order valence-corrected chi connectivity index (χ1v) is 10.9. The number of nitrogens with zero attached hydrogens (tertiary/aromatic N) is 1. The molecule has 0 aromatic heterocycles. The van der Waals surface area contributed by atoms with Crippen LogP contribution >= 0.6 is 0 Å². The van der Waals surface area contributed by atoms with Crippen molar-refractivity contribution in [2.45, 2.75) is 46.7 Å². The molecule has 30 heavy (non-hydrogen) atoms. The van der Waals surface area contributed by atoms with Crippen molar-refractivity contribution >= 4 is 17.5 Å². The van der Waals surface area contributed by atoms with E-state index in [0.717, 1.165) is 29.7 Å². The quantitative estimate of drug-likeness (QED) is 0.610. The zero-order chi connectivity index (χ0) is 21.7. The lowest BCUT2D eigenvalue weighted by atomic mass is 10.1. The van der Waals surface area contributed by atoms with Gasteiger partial charge < -0.3 is 15.5 Å². The summed E-state index contributed by atoms with van der Waals surface area (Å²) < 4.78 is 0. The van der Waals surface area contributed by atoms with E-state index in [1.807, 2.05) is 53.4 Å². The first kappa shape index (κ1) is 21.9. The third kappa shape index (κ3) is 5.21. The molecule has 1 aliphatic rings. The molecule has 2 amide bonds. The summed E-state index contributed by atoms with van der Waals surface area (Å²) in [5.74, 6) is 1.11. The number of rotatable bonds is 9. The molecule has 0 fully saturated rings. The number of benzene rings is 2. The Labute approximate surface area is 179 Å². The number of carbonyl (C=O) groups is 2. The molecule has 1 unspecified atom stereocenters. The maximum absolute atomic E-state index is 12.9. The minimum absolute atomic E-state index is 0.0536. The van der Waals surface area contributed by atoms with Gasteiger partial charge in [0.25, 0.3) is 11.8 Å². The summed E-state index contributed by atoms with van der Waals surface area (Å²) in [7, 11) is 0. The Morgan fingerprint density at radius 3 is 2.30 bits per heavy atom. The normalized spacial score (nSPS) is 15.6. The van der Waals surface area contributed by atoms with E-state index >= 15 is 0 Å². The number of amides is 2. The summed E-state index contributed by atoms with van der Waals surface area (Å²) in [6, 6.07) is 15.3. The van der Waals surface area contributed by atoms with Gasteiger partial charge in [0.05, 0.1) is 0 Å². The lowest BCUT2D eigenvalue weighted by Crippen LogP contribution is -2.33. The Kier molecular flexibility index (Phi) is 7.14. The van der Waals surface area contributed by atoms with Gasteiger partial charge in [-0.1, -0.05) is 45.9 Å². The van der Waals surface area contributed by atoms with Gasteiger partial charge in [-0.05, 0) is 55.0 Å². The van der Waals surface area contributed by atoms with Crippen molar-refractivity contribution in [1.82, 2.24) is 10.2 Å². The Morgan fingerprint density at radius 2 is 1.63 bits per heavy atom. The van der Waals surface area contributed by atoms with Crippen molar-refractivity contribution in [3.05, 3.63) is 65.2 Å². The van der Waals surface area contributed by atoms with Crippen LogP contribution in [-0.2, 0) is 0 Å².